The topological polar surface area (TPSA) is 67.3 Å². The fourth-order valence-electron chi connectivity index (χ4n) is 2.72. The van der Waals surface area contributed by atoms with Gasteiger partial charge in [-0.2, -0.15) is 4.37 Å². The van der Waals surface area contributed by atoms with Gasteiger partial charge in [-0.25, -0.2) is 9.37 Å². The lowest BCUT2D eigenvalue weighted by Gasteiger charge is -2.20. The molecule has 0 radical (unpaired) electrons. The maximum absolute atomic E-state index is 13.0. The average Bonchev–Trinajstić information content (AvgIpc) is 3.19. The van der Waals surface area contributed by atoms with Crippen LogP contribution in [-0.2, 0) is 16.0 Å². The van der Waals surface area contributed by atoms with Gasteiger partial charge in [0.15, 0.2) is 0 Å². The number of nitrogens with one attached hydrogen (secondary N) is 1. The summed E-state index contributed by atoms with van der Waals surface area (Å²) in [7, 11) is 1.64. The Morgan fingerprint density at radius 3 is 2.62 bits per heavy atom. The van der Waals surface area contributed by atoms with Gasteiger partial charge < -0.3 is 15.0 Å². The molecule has 0 atom stereocenters. The van der Waals surface area contributed by atoms with Crippen LogP contribution in [-0.4, -0.2) is 42.1 Å². The third kappa shape index (κ3) is 6.62. The zero-order valence-corrected chi connectivity index (χ0v) is 17.0. The van der Waals surface area contributed by atoms with E-state index in [4.69, 9.17) is 4.74 Å². The van der Waals surface area contributed by atoms with E-state index < -0.39 is 0 Å². The fraction of sp³-hybridized carbons (Fsp3) is 0.286. The molecule has 0 aliphatic heterocycles. The third-order valence-corrected chi connectivity index (χ3v) is 5.05. The summed E-state index contributed by atoms with van der Waals surface area (Å²) in [6, 6.07) is 15.8. The van der Waals surface area contributed by atoms with Crippen molar-refractivity contribution in [2.75, 3.05) is 37.0 Å². The molecule has 1 heterocycles. The quantitative estimate of drug-likeness (QED) is 0.547. The number of nitrogens with zero attached hydrogens (tertiary/aromatic N) is 3. The van der Waals surface area contributed by atoms with Crippen LogP contribution in [0.5, 0.6) is 0 Å². The van der Waals surface area contributed by atoms with Crippen molar-refractivity contribution in [1.29, 1.82) is 0 Å². The average molecular weight is 415 g/mol. The molecule has 0 bridgehead atoms. The van der Waals surface area contributed by atoms with Crippen LogP contribution in [0.25, 0.3) is 0 Å². The Morgan fingerprint density at radius 2 is 1.90 bits per heavy atom. The lowest BCUT2D eigenvalue weighted by Crippen LogP contribution is -2.30. The molecule has 0 aliphatic rings. The first-order valence-electron chi connectivity index (χ1n) is 9.30. The van der Waals surface area contributed by atoms with Crippen LogP contribution in [0.4, 0.5) is 15.2 Å². The number of methoxy groups -OCH3 is 1. The first-order chi connectivity index (χ1) is 14.1. The molecule has 0 saturated heterocycles. The molecule has 0 spiro atoms. The largest absolute Gasteiger partial charge is 0.383 e. The number of hydrogen-bond acceptors (Lipinski definition) is 6. The Labute approximate surface area is 173 Å². The maximum atomic E-state index is 13.0. The van der Waals surface area contributed by atoms with Crippen molar-refractivity contribution in [3.63, 3.8) is 0 Å². The molecule has 0 saturated carbocycles. The van der Waals surface area contributed by atoms with Crippen molar-refractivity contribution in [2.24, 2.45) is 0 Å². The summed E-state index contributed by atoms with van der Waals surface area (Å²) >= 11 is 1.32. The molecule has 0 fully saturated rings. The normalized spacial score (nSPS) is 10.7. The third-order valence-electron chi connectivity index (χ3n) is 4.24. The highest BCUT2D eigenvalue weighted by Gasteiger charge is 2.15. The molecule has 0 unspecified atom stereocenters. The second-order valence-electron chi connectivity index (χ2n) is 6.44. The molecule has 1 N–H and O–H groups in total. The lowest BCUT2D eigenvalue weighted by molar-refractivity contribution is -0.116. The van der Waals surface area contributed by atoms with Crippen LogP contribution in [0.15, 0.2) is 54.6 Å². The number of aromatic nitrogens is 2. The second-order valence-corrected chi connectivity index (χ2v) is 7.17. The van der Waals surface area contributed by atoms with E-state index in [0.29, 0.717) is 31.8 Å². The molecule has 1 aromatic heterocycles. The van der Waals surface area contributed by atoms with Crippen LogP contribution < -0.4 is 10.2 Å². The Balaban J connectivity index is 1.58. The van der Waals surface area contributed by atoms with Crippen LogP contribution in [0.1, 0.15) is 17.8 Å². The van der Waals surface area contributed by atoms with Gasteiger partial charge in [0.25, 0.3) is 0 Å². The van der Waals surface area contributed by atoms with Crippen molar-refractivity contribution >= 4 is 28.3 Å². The van der Waals surface area contributed by atoms with Crippen LogP contribution in [0, 0.1) is 5.82 Å². The number of amides is 1. The fourth-order valence-corrected chi connectivity index (χ4v) is 3.46. The van der Waals surface area contributed by atoms with Gasteiger partial charge in [-0.15, -0.1) is 0 Å². The van der Waals surface area contributed by atoms with E-state index in [2.05, 4.69) is 14.7 Å². The predicted molar refractivity (Wildman–Crippen MR) is 113 cm³/mol. The number of carbonyl (C=O) groups excluding carboxylic acids is 1. The van der Waals surface area contributed by atoms with Crippen molar-refractivity contribution < 1.29 is 13.9 Å². The zero-order chi connectivity index (χ0) is 20.5. The minimum absolute atomic E-state index is 0.145. The molecule has 6 nitrogen and oxygen atoms in total. The van der Waals surface area contributed by atoms with Crippen molar-refractivity contribution in [1.82, 2.24) is 9.36 Å². The molecule has 29 heavy (non-hydrogen) atoms. The molecule has 3 aromatic rings. The van der Waals surface area contributed by atoms with E-state index in [1.807, 2.05) is 35.2 Å². The summed E-state index contributed by atoms with van der Waals surface area (Å²) in [4.78, 5) is 18.9. The molecule has 3 rings (SSSR count). The van der Waals surface area contributed by atoms with E-state index in [-0.39, 0.29) is 18.1 Å². The van der Waals surface area contributed by atoms with Crippen LogP contribution in [0.2, 0.25) is 0 Å². The number of halogens is 1. The van der Waals surface area contributed by atoms with Gasteiger partial charge in [0.2, 0.25) is 11.0 Å². The number of ether oxygens (including phenoxy) is 1. The Bertz CT molecular complexity index is 903. The smallest absolute Gasteiger partial charge is 0.226 e. The number of hydrogen-bond donors (Lipinski definition) is 1. The molecular weight excluding hydrogens is 391 g/mol. The van der Waals surface area contributed by atoms with Gasteiger partial charge in [0.05, 0.1) is 6.61 Å². The predicted octanol–water partition coefficient (Wildman–Crippen LogP) is 3.75. The minimum Gasteiger partial charge on any atom is -0.383 e. The number of benzene rings is 2. The van der Waals surface area contributed by atoms with Crippen LogP contribution in [0.3, 0.4) is 0 Å². The van der Waals surface area contributed by atoms with Gasteiger partial charge in [-0.05, 0) is 29.8 Å². The SMILES string of the molecule is COCCN(CCC(=O)Nc1ccc(F)cc1)c1nc(Cc2ccccc2)ns1. The monoisotopic (exact) mass is 414 g/mol. The zero-order valence-electron chi connectivity index (χ0n) is 16.2. The van der Waals surface area contributed by atoms with Crippen molar-refractivity contribution in [2.45, 2.75) is 12.8 Å². The Hall–Kier alpha value is -2.84. The van der Waals surface area contributed by atoms with Gasteiger partial charge in [-0.3, -0.25) is 4.79 Å². The van der Waals surface area contributed by atoms with E-state index in [9.17, 15) is 9.18 Å². The highest BCUT2D eigenvalue weighted by atomic mass is 32.1. The number of carbonyl (C=O) groups is 1. The molecular formula is C21H23FN4O2S. The second kappa shape index (κ2) is 10.6. The summed E-state index contributed by atoms with van der Waals surface area (Å²) in [5.41, 5.74) is 1.72. The summed E-state index contributed by atoms with van der Waals surface area (Å²) in [6.45, 7) is 1.61. The van der Waals surface area contributed by atoms with Gasteiger partial charge in [0.1, 0.15) is 11.6 Å². The van der Waals surface area contributed by atoms with E-state index in [1.54, 1.807) is 7.11 Å². The summed E-state index contributed by atoms with van der Waals surface area (Å²) < 4.78 is 22.6. The Kier molecular flexibility index (Phi) is 7.66. The standard InChI is InChI=1S/C21H23FN4O2S/c1-28-14-13-26(12-11-20(27)23-18-9-7-17(22)8-10-18)21-24-19(25-29-21)15-16-5-3-2-4-6-16/h2-10H,11-15H2,1H3,(H,23,27). The minimum atomic E-state index is -0.337. The summed E-state index contributed by atoms with van der Waals surface area (Å²) in [6.07, 6.45) is 0.940. The van der Waals surface area contributed by atoms with Crippen molar-refractivity contribution in [3.8, 4) is 0 Å². The summed E-state index contributed by atoms with van der Waals surface area (Å²) in [5.74, 6) is 0.277. The molecule has 8 heteroatoms. The maximum Gasteiger partial charge on any atom is 0.226 e. The molecule has 2 aromatic carbocycles. The van der Waals surface area contributed by atoms with E-state index in [0.717, 1.165) is 16.5 Å². The molecule has 1 amide bonds. The van der Waals surface area contributed by atoms with E-state index in [1.165, 1.54) is 35.8 Å². The highest BCUT2D eigenvalue weighted by molar-refractivity contribution is 7.09. The first-order valence-corrected chi connectivity index (χ1v) is 10.1. The Morgan fingerprint density at radius 1 is 1.14 bits per heavy atom. The number of anilines is 2. The van der Waals surface area contributed by atoms with Crippen molar-refractivity contribution in [3.05, 3.63) is 71.8 Å². The lowest BCUT2D eigenvalue weighted by atomic mass is 10.1. The summed E-state index contributed by atoms with van der Waals surface area (Å²) in [5, 5.41) is 3.54. The van der Waals surface area contributed by atoms with Crippen LogP contribution >= 0.6 is 11.5 Å². The molecule has 152 valence electrons. The van der Waals surface area contributed by atoms with E-state index >= 15 is 0 Å². The van der Waals surface area contributed by atoms with Gasteiger partial charge in [0, 0.05) is 50.3 Å². The van der Waals surface area contributed by atoms with Gasteiger partial charge >= 0.3 is 0 Å². The number of rotatable bonds is 10. The molecule has 0 aliphatic carbocycles. The highest BCUT2D eigenvalue weighted by Crippen LogP contribution is 2.19. The van der Waals surface area contributed by atoms with Gasteiger partial charge in [-0.1, -0.05) is 30.3 Å². The first kappa shape index (κ1) is 20.9.